The maximum atomic E-state index is 11.2. The Morgan fingerprint density at radius 3 is 3.08 bits per heavy atom. The molecule has 1 unspecified atom stereocenters. The van der Waals surface area contributed by atoms with Crippen LogP contribution in [0.15, 0.2) is 5.10 Å². The van der Waals surface area contributed by atoms with Gasteiger partial charge < -0.3 is 9.47 Å². The lowest BCUT2D eigenvalue weighted by Gasteiger charge is -2.15. The Labute approximate surface area is 70.9 Å². The first-order chi connectivity index (χ1) is 5.75. The van der Waals surface area contributed by atoms with Gasteiger partial charge in [0.15, 0.2) is 12.6 Å². The van der Waals surface area contributed by atoms with Gasteiger partial charge in [0.25, 0.3) is 5.91 Å². The number of nitrogens with zero attached hydrogens (tertiary/aromatic N) is 2. The summed E-state index contributed by atoms with van der Waals surface area (Å²) in [6, 6.07) is 0. The van der Waals surface area contributed by atoms with Gasteiger partial charge >= 0.3 is 0 Å². The van der Waals surface area contributed by atoms with E-state index in [9.17, 15) is 4.79 Å². The number of rotatable bonds is 3. The minimum atomic E-state index is -0.307. The average Bonchev–Trinajstić information content (AvgIpc) is 2.47. The van der Waals surface area contributed by atoms with Gasteiger partial charge in [0.1, 0.15) is 6.61 Å². The van der Waals surface area contributed by atoms with Crippen LogP contribution in [-0.2, 0) is 14.3 Å². The van der Waals surface area contributed by atoms with E-state index in [1.165, 1.54) is 11.4 Å². The van der Waals surface area contributed by atoms with E-state index in [-0.39, 0.29) is 18.7 Å². The van der Waals surface area contributed by atoms with E-state index < -0.39 is 0 Å². The molecule has 1 rings (SSSR count). The van der Waals surface area contributed by atoms with Gasteiger partial charge in [-0.15, -0.1) is 5.10 Å². The first-order valence-corrected chi connectivity index (χ1v) is 3.83. The fourth-order valence-corrected chi connectivity index (χ4v) is 0.840. The van der Waals surface area contributed by atoms with Crippen molar-refractivity contribution in [1.29, 1.82) is 0 Å². The van der Waals surface area contributed by atoms with Crippen LogP contribution in [0.1, 0.15) is 13.8 Å². The molecule has 1 aliphatic rings. The third-order valence-corrected chi connectivity index (χ3v) is 1.46. The summed E-state index contributed by atoms with van der Waals surface area (Å²) in [5.41, 5.74) is 0. The molecule has 5 heteroatoms. The highest BCUT2D eigenvalue weighted by molar-refractivity contribution is 5.78. The topological polar surface area (TPSA) is 51.1 Å². The Bertz CT molecular complexity index is 193. The molecule has 0 radical (unpaired) electrons. The molecule has 5 nitrogen and oxygen atoms in total. The van der Waals surface area contributed by atoms with Crippen LogP contribution < -0.4 is 0 Å². The van der Waals surface area contributed by atoms with Crippen LogP contribution in [0, 0.1) is 0 Å². The van der Waals surface area contributed by atoms with Crippen LogP contribution in [0.3, 0.4) is 0 Å². The standard InChI is InChI=1S/C7H12N2O3/c1-3-11-4-7(10)9-6(2)12-5-8-9/h5-6H,3-4H2,1-2H3. The number of carbonyl (C=O) groups excluding carboxylic acids is 1. The molecule has 1 heterocycles. The van der Waals surface area contributed by atoms with Crippen molar-refractivity contribution in [3.8, 4) is 0 Å². The first kappa shape index (κ1) is 8.99. The van der Waals surface area contributed by atoms with Gasteiger partial charge in [-0.1, -0.05) is 0 Å². The van der Waals surface area contributed by atoms with Crippen LogP contribution in [0.25, 0.3) is 0 Å². The zero-order valence-corrected chi connectivity index (χ0v) is 7.19. The molecule has 0 spiro atoms. The third-order valence-electron chi connectivity index (χ3n) is 1.46. The highest BCUT2D eigenvalue weighted by Gasteiger charge is 2.23. The molecule has 0 saturated carbocycles. The minimum absolute atomic E-state index is 0.0571. The molecule has 1 amide bonds. The molecule has 0 aliphatic carbocycles. The normalized spacial score (nSPS) is 21.2. The summed E-state index contributed by atoms with van der Waals surface area (Å²) in [5.74, 6) is -0.182. The van der Waals surface area contributed by atoms with E-state index in [2.05, 4.69) is 5.10 Å². The van der Waals surface area contributed by atoms with Gasteiger partial charge in [-0.2, -0.15) is 5.01 Å². The smallest absolute Gasteiger partial charge is 0.272 e. The Morgan fingerprint density at radius 1 is 1.83 bits per heavy atom. The van der Waals surface area contributed by atoms with Gasteiger partial charge in [0.2, 0.25) is 0 Å². The molecule has 0 bridgehead atoms. The molecule has 0 fully saturated rings. The van der Waals surface area contributed by atoms with Crippen molar-refractivity contribution in [3.63, 3.8) is 0 Å². The Balaban J connectivity index is 2.36. The summed E-state index contributed by atoms with van der Waals surface area (Å²) in [6.45, 7) is 4.16. The van der Waals surface area contributed by atoms with Crippen LogP contribution in [-0.4, -0.2) is 36.8 Å². The van der Waals surface area contributed by atoms with Crippen molar-refractivity contribution in [2.45, 2.75) is 20.1 Å². The predicted molar refractivity (Wildman–Crippen MR) is 42.4 cm³/mol. The molecule has 1 atom stereocenters. The number of hydrogen-bond donors (Lipinski definition) is 0. The lowest BCUT2D eigenvalue weighted by atomic mass is 10.5. The summed E-state index contributed by atoms with van der Waals surface area (Å²) in [6.07, 6.45) is 0.951. The molecular weight excluding hydrogens is 160 g/mol. The second-order valence-electron chi connectivity index (χ2n) is 2.33. The maximum absolute atomic E-state index is 11.2. The zero-order chi connectivity index (χ0) is 8.97. The molecule has 0 aromatic rings. The van der Waals surface area contributed by atoms with E-state index in [1.807, 2.05) is 6.92 Å². The van der Waals surface area contributed by atoms with Gasteiger partial charge in [0, 0.05) is 6.61 Å². The number of hydrazone groups is 1. The number of hydrogen-bond acceptors (Lipinski definition) is 4. The Morgan fingerprint density at radius 2 is 2.58 bits per heavy atom. The molecular formula is C7H12N2O3. The van der Waals surface area contributed by atoms with Gasteiger partial charge in [-0.25, -0.2) is 0 Å². The predicted octanol–water partition coefficient (Wildman–Crippen LogP) is 0.171. The largest absolute Gasteiger partial charge is 0.457 e. The summed E-state index contributed by atoms with van der Waals surface area (Å²) < 4.78 is 9.86. The maximum Gasteiger partial charge on any atom is 0.272 e. The number of amides is 1. The van der Waals surface area contributed by atoms with Crippen LogP contribution in [0.5, 0.6) is 0 Å². The SMILES string of the molecule is CCOCC(=O)N1N=COC1C. The van der Waals surface area contributed by atoms with E-state index in [0.29, 0.717) is 6.61 Å². The van der Waals surface area contributed by atoms with E-state index in [4.69, 9.17) is 9.47 Å². The molecule has 0 saturated heterocycles. The quantitative estimate of drug-likeness (QED) is 0.609. The molecule has 0 aromatic carbocycles. The Hall–Kier alpha value is -1.10. The van der Waals surface area contributed by atoms with Crippen molar-refractivity contribution >= 4 is 12.3 Å². The summed E-state index contributed by atoms with van der Waals surface area (Å²) >= 11 is 0. The summed E-state index contributed by atoms with van der Waals surface area (Å²) in [7, 11) is 0. The number of carbonyl (C=O) groups is 1. The summed E-state index contributed by atoms with van der Waals surface area (Å²) in [4.78, 5) is 11.2. The fourth-order valence-electron chi connectivity index (χ4n) is 0.840. The highest BCUT2D eigenvalue weighted by Crippen LogP contribution is 2.07. The fraction of sp³-hybridized carbons (Fsp3) is 0.714. The van der Waals surface area contributed by atoms with Crippen molar-refractivity contribution in [2.75, 3.05) is 13.2 Å². The van der Waals surface area contributed by atoms with Gasteiger partial charge in [0.05, 0.1) is 0 Å². The van der Waals surface area contributed by atoms with E-state index in [0.717, 1.165) is 0 Å². The lowest BCUT2D eigenvalue weighted by Crippen LogP contribution is -2.34. The Kier molecular flexibility index (Phi) is 3.04. The van der Waals surface area contributed by atoms with E-state index in [1.54, 1.807) is 6.92 Å². The lowest BCUT2D eigenvalue weighted by molar-refractivity contribution is -0.141. The first-order valence-electron chi connectivity index (χ1n) is 3.83. The molecule has 1 aliphatic heterocycles. The monoisotopic (exact) mass is 172 g/mol. The van der Waals surface area contributed by atoms with Crippen LogP contribution >= 0.6 is 0 Å². The second-order valence-corrected chi connectivity index (χ2v) is 2.33. The highest BCUT2D eigenvalue weighted by atomic mass is 16.5. The van der Waals surface area contributed by atoms with Crippen LogP contribution in [0.2, 0.25) is 0 Å². The van der Waals surface area contributed by atoms with Gasteiger partial charge in [-0.05, 0) is 13.8 Å². The van der Waals surface area contributed by atoms with Crippen molar-refractivity contribution in [2.24, 2.45) is 5.10 Å². The van der Waals surface area contributed by atoms with E-state index >= 15 is 0 Å². The third kappa shape index (κ3) is 1.94. The zero-order valence-electron chi connectivity index (χ0n) is 7.19. The van der Waals surface area contributed by atoms with Gasteiger partial charge in [-0.3, -0.25) is 4.79 Å². The molecule has 0 aromatic heterocycles. The molecule has 68 valence electrons. The van der Waals surface area contributed by atoms with Crippen LogP contribution in [0.4, 0.5) is 0 Å². The second kappa shape index (κ2) is 4.06. The van der Waals surface area contributed by atoms with Crippen molar-refractivity contribution in [1.82, 2.24) is 5.01 Å². The van der Waals surface area contributed by atoms with Crippen molar-refractivity contribution in [3.05, 3.63) is 0 Å². The number of ether oxygens (including phenoxy) is 2. The molecule has 0 N–H and O–H groups in total. The molecule has 12 heavy (non-hydrogen) atoms. The average molecular weight is 172 g/mol. The summed E-state index contributed by atoms with van der Waals surface area (Å²) in [5, 5.41) is 4.99. The minimum Gasteiger partial charge on any atom is -0.457 e. The van der Waals surface area contributed by atoms with Crippen molar-refractivity contribution < 1.29 is 14.3 Å².